The minimum atomic E-state index is 0.963. The summed E-state index contributed by atoms with van der Waals surface area (Å²) in [6.45, 7) is 16.0. The number of rotatable bonds is 11. The van der Waals surface area contributed by atoms with Gasteiger partial charge in [-0.15, -0.1) is 0 Å². The zero-order chi connectivity index (χ0) is 12.2. The van der Waals surface area contributed by atoms with Gasteiger partial charge in [-0.3, -0.25) is 0 Å². The summed E-state index contributed by atoms with van der Waals surface area (Å²) in [5, 5.41) is 3.43. The van der Waals surface area contributed by atoms with Crippen LogP contribution in [0.3, 0.4) is 0 Å². The van der Waals surface area contributed by atoms with E-state index >= 15 is 0 Å². The van der Waals surface area contributed by atoms with Gasteiger partial charge < -0.3 is 5.32 Å². The third-order valence-electron chi connectivity index (χ3n) is 2.65. The summed E-state index contributed by atoms with van der Waals surface area (Å²) in [7, 11) is 0. The standard InChI is InChI=1S/C15H27N/c1-5-7-8-12-16-13-15(4)11-9-10-14(3)6-2/h6,16H,2-5,7-13H2,1H3. The van der Waals surface area contributed by atoms with E-state index in [1.165, 1.54) is 24.8 Å². The van der Waals surface area contributed by atoms with Crippen molar-refractivity contribution in [3.05, 3.63) is 37.0 Å². The Morgan fingerprint density at radius 3 is 2.50 bits per heavy atom. The van der Waals surface area contributed by atoms with Crippen molar-refractivity contribution in [2.75, 3.05) is 13.1 Å². The Kier molecular flexibility index (Phi) is 10.1. The van der Waals surface area contributed by atoms with Crippen LogP contribution in [-0.4, -0.2) is 13.1 Å². The lowest BCUT2D eigenvalue weighted by atomic mass is 10.1. The number of hydrogen-bond acceptors (Lipinski definition) is 1. The van der Waals surface area contributed by atoms with Gasteiger partial charge in [-0.2, -0.15) is 0 Å². The zero-order valence-electron chi connectivity index (χ0n) is 10.9. The Labute approximate surface area is 101 Å². The molecule has 16 heavy (non-hydrogen) atoms. The van der Waals surface area contributed by atoms with E-state index in [4.69, 9.17) is 0 Å². The highest BCUT2D eigenvalue weighted by Gasteiger charge is 1.95. The molecular formula is C15H27N. The van der Waals surface area contributed by atoms with Gasteiger partial charge in [0.05, 0.1) is 0 Å². The first-order valence-corrected chi connectivity index (χ1v) is 6.38. The number of allylic oxidation sites excluding steroid dienone is 2. The Morgan fingerprint density at radius 2 is 1.88 bits per heavy atom. The molecule has 0 aliphatic rings. The van der Waals surface area contributed by atoms with Crippen molar-refractivity contribution in [2.24, 2.45) is 0 Å². The van der Waals surface area contributed by atoms with E-state index in [0.717, 1.165) is 37.9 Å². The maximum Gasteiger partial charge on any atom is 0.0161 e. The van der Waals surface area contributed by atoms with Crippen molar-refractivity contribution in [1.29, 1.82) is 0 Å². The van der Waals surface area contributed by atoms with E-state index in [1.807, 2.05) is 6.08 Å². The van der Waals surface area contributed by atoms with E-state index in [0.29, 0.717) is 0 Å². The average molecular weight is 221 g/mol. The van der Waals surface area contributed by atoms with Crippen molar-refractivity contribution in [3.63, 3.8) is 0 Å². The summed E-state index contributed by atoms with van der Waals surface area (Å²) >= 11 is 0. The van der Waals surface area contributed by atoms with Crippen molar-refractivity contribution < 1.29 is 0 Å². The molecule has 0 aromatic heterocycles. The maximum atomic E-state index is 4.08. The molecule has 0 heterocycles. The highest BCUT2D eigenvalue weighted by atomic mass is 14.8. The molecule has 92 valence electrons. The molecule has 0 spiro atoms. The molecule has 1 nitrogen and oxygen atoms in total. The van der Waals surface area contributed by atoms with Gasteiger partial charge in [0.2, 0.25) is 0 Å². The second kappa shape index (κ2) is 10.7. The van der Waals surface area contributed by atoms with Gasteiger partial charge >= 0.3 is 0 Å². The second-order valence-corrected chi connectivity index (χ2v) is 4.35. The van der Waals surface area contributed by atoms with Gasteiger partial charge in [0, 0.05) is 6.54 Å². The van der Waals surface area contributed by atoms with Crippen LogP contribution in [0.5, 0.6) is 0 Å². The van der Waals surface area contributed by atoms with Crippen LogP contribution in [0, 0.1) is 0 Å². The predicted molar refractivity (Wildman–Crippen MR) is 74.7 cm³/mol. The summed E-state index contributed by atoms with van der Waals surface area (Å²) in [6, 6.07) is 0. The van der Waals surface area contributed by atoms with E-state index in [1.54, 1.807) is 0 Å². The van der Waals surface area contributed by atoms with Crippen LogP contribution in [-0.2, 0) is 0 Å². The largest absolute Gasteiger partial charge is 0.313 e. The minimum Gasteiger partial charge on any atom is -0.313 e. The third-order valence-corrected chi connectivity index (χ3v) is 2.65. The predicted octanol–water partition coefficient (Wildman–Crippen LogP) is 4.23. The SMILES string of the molecule is C=CC(=C)CCCC(=C)CNCCCCC. The Bertz CT molecular complexity index is 215. The van der Waals surface area contributed by atoms with Crippen LogP contribution in [0.1, 0.15) is 45.4 Å². The normalized spacial score (nSPS) is 10.1. The van der Waals surface area contributed by atoms with E-state index in [9.17, 15) is 0 Å². The molecular weight excluding hydrogens is 194 g/mol. The Hall–Kier alpha value is -0.820. The van der Waals surface area contributed by atoms with Crippen LogP contribution in [0.4, 0.5) is 0 Å². The summed E-state index contributed by atoms with van der Waals surface area (Å²) in [5.74, 6) is 0. The van der Waals surface area contributed by atoms with Crippen molar-refractivity contribution >= 4 is 0 Å². The number of nitrogens with one attached hydrogen (secondary N) is 1. The fourth-order valence-electron chi connectivity index (χ4n) is 1.52. The summed E-state index contributed by atoms with van der Waals surface area (Å²) in [4.78, 5) is 0. The smallest absolute Gasteiger partial charge is 0.0161 e. The first-order chi connectivity index (χ1) is 7.70. The molecule has 0 bridgehead atoms. The van der Waals surface area contributed by atoms with Gasteiger partial charge in [-0.1, -0.05) is 56.7 Å². The summed E-state index contributed by atoms with van der Waals surface area (Å²) in [6.07, 6.45) is 8.99. The highest BCUT2D eigenvalue weighted by Crippen LogP contribution is 2.09. The van der Waals surface area contributed by atoms with Gasteiger partial charge in [-0.05, 0) is 32.2 Å². The molecule has 0 aliphatic carbocycles. The lowest BCUT2D eigenvalue weighted by Gasteiger charge is -2.07. The molecule has 0 fully saturated rings. The fraction of sp³-hybridized carbons (Fsp3) is 0.600. The minimum absolute atomic E-state index is 0.963. The Morgan fingerprint density at radius 1 is 1.12 bits per heavy atom. The van der Waals surface area contributed by atoms with Gasteiger partial charge in [0.15, 0.2) is 0 Å². The summed E-state index contributed by atoms with van der Waals surface area (Å²) in [5.41, 5.74) is 2.43. The molecule has 1 heteroatoms. The van der Waals surface area contributed by atoms with Crippen LogP contribution < -0.4 is 5.32 Å². The molecule has 0 aliphatic heterocycles. The molecule has 0 radical (unpaired) electrons. The van der Waals surface area contributed by atoms with Crippen molar-refractivity contribution in [3.8, 4) is 0 Å². The van der Waals surface area contributed by atoms with Crippen molar-refractivity contribution in [1.82, 2.24) is 5.32 Å². The van der Waals surface area contributed by atoms with Crippen molar-refractivity contribution in [2.45, 2.75) is 45.4 Å². The highest BCUT2D eigenvalue weighted by molar-refractivity contribution is 5.11. The lowest BCUT2D eigenvalue weighted by Crippen LogP contribution is -2.18. The monoisotopic (exact) mass is 221 g/mol. The molecule has 0 rings (SSSR count). The van der Waals surface area contributed by atoms with E-state index in [-0.39, 0.29) is 0 Å². The summed E-state index contributed by atoms with van der Waals surface area (Å²) < 4.78 is 0. The number of hydrogen-bond donors (Lipinski definition) is 1. The molecule has 0 aromatic carbocycles. The lowest BCUT2D eigenvalue weighted by molar-refractivity contribution is 0.630. The topological polar surface area (TPSA) is 12.0 Å². The molecule has 0 amide bonds. The average Bonchev–Trinajstić information content (AvgIpc) is 2.28. The van der Waals surface area contributed by atoms with E-state index < -0.39 is 0 Å². The third kappa shape index (κ3) is 9.72. The zero-order valence-corrected chi connectivity index (χ0v) is 10.9. The Balaban J connectivity index is 3.31. The molecule has 0 saturated heterocycles. The van der Waals surface area contributed by atoms with Gasteiger partial charge in [-0.25, -0.2) is 0 Å². The molecule has 0 aromatic rings. The van der Waals surface area contributed by atoms with Gasteiger partial charge in [0.1, 0.15) is 0 Å². The molecule has 0 unspecified atom stereocenters. The van der Waals surface area contributed by atoms with Gasteiger partial charge in [0.25, 0.3) is 0 Å². The maximum absolute atomic E-state index is 4.08. The molecule has 1 N–H and O–H groups in total. The molecule has 0 atom stereocenters. The first kappa shape index (κ1) is 15.2. The quantitative estimate of drug-likeness (QED) is 0.313. The molecule has 0 saturated carbocycles. The fourth-order valence-corrected chi connectivity index (χ4v) is 1.52. The second-order valence-electron chi connectivity index (χ2n) is 4.35. The van der Waals surface area contributed by atoms with Crippen LogP contribution in [0.15, 0.2) is 37.0 Å². The van der Waals surface area contributed by atoms with Crippen LogP contribution in [0.2, 0.25) is 0 Å². The van der Waals surface area contributed by atoms with Crippen LogP contribution >= 0.6 is 0 Å². The van der Waals surface area contributed by atoms with Crippen LogP contribution in [0.25, 0.3) is 0 Å². The first-order valence-electron chi connectivity index (χ1n) is 6.38. The van der Waals surface area contributed by atoms with E-state index in [2.05, 4.69) is 32.0 Å². The number of unbranched alkanes of at least 4 members (excludes halogenated alkanes) is 2.